The molecule has 1 N–H and O–H groups in total. The van der Waals surface area contributed by atoms with Gasteiger partial charge in [-0.1, -0.05) is 42.5 Å². The van der Waals surface area contributed by atoms with Crippen LogP contribution in [0.2, 0.25) is 0 Å². The van der Waals surface area contributed by atoms with E-state index in [1.54, 1.807) is 6.20 Å². The molecule has 0 atom stereocenters. The van der Waals surface area contributed by atoms with Crippen molar-refractivity contribution in [2.75, 3.05) is 38.0 Å². The molecular weight excluding hydrogens is 336 g/mol. The van der Waals surface area contributed by atoms with E-state index < -0.39 is 0 Å². The molecule has 142 valence electrons. The average molecular weight is 364 g/mol. The molecule has 27 heavy (non-hydrogen) atoms. The van der Waals surface area contributed by atoms with E-state index in [-0.39, 0.29) is 5.91 Å². The van der Waals surface area contributed by atoms with Crippen molar-refractivity contribution in [3.63, 3.8) is 0 Å². The third-order valence-corrected chi connectivity index (χ3v) is 4.58. The maximum atomic E-state index is 12.7. The first-order chi connectivity index (χ1) is 13.1. The number of carbonyl (C=O) groups is 1. The minimum Gasteiger partial charge on any atom is -0.368 e. The molecule has 5 nitrogen and oxygen atoms in total. The van der Waals surface area contributed by atoms with Crippen LogP contribution in [0.15, 0.2) is 54.7 Å². The summed E-state index contributed by atoms with van der Waals surface area (Å²) in [6.07, 6.45) is 6.01. The fourth-order valence-corrected chi connectivity index (χ4v) is 3.12. The minimum atomic E-state index is 0.0677. The number of anilines is 1. The maximum absolute atomic E-state index is 12.7. The van der Waals surface area contributed by atoms with E-state index in [1.165, 1.54) is 5.56 Å². The fraction of sp³-hybridized carbons (Fsp3) is 0.364. The zero-order chi connectivity index (χ0) is 19.1. The fourth-order valence-electron chi connectivity index (χ4n) is 3.12. The van der Waals surface area contributed by atoms with Gasteiger partial charge in [0.25, 0.3) is 5.91 Å². The first-order valence-corrected chi connectivity index (χ1v) is 9.57. The summed E-state index contributed by atoms with van der Waals surface area (Å²) in [7, 11) is 0. The van der Waals surface area contributed by atoms with Crippen molar-refractivity contribution in [2.24, 2.45) is 0 Å². The molecule has 0 unspecified atom stereocenters. The predicted octanol–water partition coefficient (Wildman–Crippen LogP) is 3.37. The Balaban J connectivity index is 1.47. The summed E-state index contributed by atoms with van der Waals surface area (Å²) < 4.78 is 0. The quantitative estimate of drug-likeness (QED) is 0.854. The first-order valence-electron chi connectivity index (χ1n) is 9.57. The van der Waals surface area contributed by atoms with E-state index in [2.05, 4.69) is 53.3 Å². The van der Waals surface area contributed by atoms with E-state index >= 15 is 0 Å². The van der Waals surface area contributed by atoms with Crippen LogP contribution < -0.4 is 5.32 Å². The Hall–Kier alpha value is -2.66. The molecule has 1 fully saturated rings. The molecule has 1 aromatic heterocycles. The number of benzene rings is 1. The molecule has 1 aliphatic rings. The van der Waals surface area contributed by atoms with Crippen LogP contribution >= 0.6 is 0 Å². The van der Waals surface area contributed by atoms with Crippen molar-refractivity contribution >= 4 is 17.8 Å². The molecule has 1 aromatic carbocycles. The van der Waals surface area contributed by atoms with Crippen molar-refractivity contribution in [1.82, 2.24) is 14.8 Å². The van der Waals surface area contributed by atoms with Crippen LogP contribution in [0.5, 0.6) is 0 Å². The van der Waals surface area contributed by atoms with Gasteiger partial charge in [0.2, 0.25) is 0 Å². The number of aromatic nitrogens is 1. The predicted molar refractivity (Wildman–Crippen MR) is 111 cm³/mol. The van der Waals surface area contributed by atoms with Gasteiger partial charge in [-0.2, -0.15) is 0 Å². The van der Waals surface area contributed by atoms with Gasteiger partial charge in [0.05, 0.1) is 5.56 Å². The topological polar surface area (TPSA) is 48.5 Å². The number of pyridine rings is 1. The Morgan fingerprint density at radius 3 is 2.48 bits per heavy atom. The largest absolute Gasteiger partial charge is 0.368 e. The standard InChI is InChI=1S/C22H28N4O/c1-18(2)24-21-11-10-20(17-23-21)22(27)26-15-13-25(14-16-26)12-6-9-19-7-4-3-5-8-19/h3-11,17-18H,12-16H2,1-2H3,(H,23,24)/b9-6+. The van der Waals surface area contributed by atoms with Crippen LogP contribution in [0, 0.1) is 0 Å². The molecular formula is C22H28N4O. The van der Waals surface area contributed by atoms with Crippen LogP contribution in [0.1, 0.15) is 29.8 Å². The second-order valence-corrected chi connectivity index (χ2v) is 7.14. The molecule has 1 aliphatic heterocycles. The van der Waals surface area contributed by atoms with Crippen LogP contribution in [0.4, 0.5) is 5.82 Å². The Morgan fingerprint density at radius 1 is 1.11 bits per heavy atom. The number of piperazine rings is 1. The minimum absolute atomic E-state index is 0.0677. The average Bonchev–Trinajstić information content (AvgIpc) is 2.69. The zero-order valence-corrected chi connectivity index (χ0v) is 16.1. The first kappa shape index (κ1) is 19.1. The Bertz CT molecular complexity index is 748. The molecule has 5 heteroatoms. The van der Waals surface area contributed by atoms with Gasteiger partial charge in [0, 0.05) is 45.0 Å². The third-order valence-electron chi connectivity index (χ3n) is 4.58. The van der Waals surface area contributed by atoms with E-state index in [1.807, 2.05) is 35.2 Å². The molecule has 0 bridgehead atoms. The van der Waals surface area contributed by atoms with E-state index in [9.17, 15) is 4.79 Å². The summed E-state index contributed by atoms with van der Waals surface area (Å²) in [5, 5.41) is 3.24. The van der Waals surface area contributed by atoms with Crippen LogP contribution in [-0.2, 0) is 0 Å². The van der Waals surface area contributed by atoms with E-state index in [0.717, 1.165) is 38.5 Å². The van der Waals surface area contributed by atoms with Crippen LogP contribution in [-0.4, -0.2) is 59.5 Å². The normalized spacial score (nSPS) is 15.4. The molecule has 0 radical (unpaired) electrons. The molecule has 2 aromatic rings. The van der Waals surface area contributed by atoms with Crippen molar-refractivity contribution in [3.8, 4) is 0 Å². The Morgan fingerprint density at radius 2 is 1.85 bits per heavy atom. The number of amides is 1. The van der Waals surface area contributed by atoms with Gasteiger partial charge in [-0.3, -0.25) is 9.69 Å². The number of nitrogens with one attached hydrogen (secondary N) is 1. The third kappa shape index (κ3) is 5.66. The number of carbonyl (C=O) groups excluding carboxylic acids is 1. The van der Waals surface area contributed by atoms with Crippen molar-refractivity contribution in [3.05, 3.63) is 65.9 Å². The lowest BCUT2D eigenvalue weighted by molar-refractivity contribution is 0.0650. The lowest BCUT2D eigenvalue weighted by Crippen LogP contribution is -2.48. The van der Waals surface area contributed by atoms with E-state index in [4.69, 9.17) is 0 Å². The zero-order valence-electron chi connectivity index (χ0n) is 16.1. The number of rotatable bonds is 6. The lowest BCUT2D eigenvalue weighted by Gasteiger charge is -2.34. The molecule has 0 spiro atoms. The van der Waals surface area contributed by atoms with Gasteiger partial charge in [-0.25, -0.2) is 4.98 Å². The molecule has 0 aliphatic carbocycles. The van der Waals surface area contributed by atoms with Crippen molar-refractivity contribution in [1.29, 1.82) is 0 Å². The summed E-state index contributed by atoms with van der Waals surface area (Å²) in [4.78, 5) is 21.3. The number of hydrogen-bond acceptors (Lipinski definition) is 4. The van der Waals surface area contributed by atoms with Crippen LogP contribution in [0.3, 0.4) is 0 Å². The molecule has 3 rings (SSSR count). The van der Waals surface area contributed by atoms with Gasteiger partial charge < -0.3 is 10.2 Å². The maximum Gasteiger partial charge on any atom is 0.255 e. The summed E-state index contributed by atoms with van der Waals surface area (Å²) in [6.45, 7) is 8.34. The SMILES string of the molecule is CC(C)Nc1ccc(C(=O)N2CCN(C/C=C/c3ccccc3)CC2)cn1. The second-order valence-electron chi connectivity index (χ2n) is 7.14. The monoisotopic (exact) mass is 364 g/mol. The second kappa shape index (κ2) is 9.33. The lowest BCUT2D eigenvalue weighted by atomic mass is 10.2. The Labute approximate surface area is 161 Å². The molecule has 1 amide bonds. The highest BCUT2D eigenvalue weighted by Gasteiger charge is 2.21. The van der Waals surface area contributed by atoms with Gasteiger partial charge >= 0.3 is 0 Å². The van der Waals surface area contributed by atoms with Gasteiger partial charge in [0.1, 0.15) is 5.82 Å². The van der Waals surface area contributed by atoms with Crippen molar-refractivity contribution in [2.45, 2.75) is 19.9 Å². The highest BCUT2D eigenvalue weighted by molar-refractivity contribution is 5.94. The van der Waals surface area contributed by atoms with Crippen LogP contribution in [0.25, 0.3) is 6.08 Å². The summed E-state index contributed by atoms with van der Waals surface area (Å²) in [6, 6.07) is 14.4. The molecule has 1 saturated heterocycles. The smallest absolute Gasteiger partial charge is 0.255 e. The molecule has 0 saturated carbocycles. The van der Waals surface area contributed by atoms with Gasteiger partial charge in [-0.15, -0.1) is 0 Å². The van der Waals surface area contributed by atoms with Crippen molar-refractivity contribution < 1.29 is 4.79 Å². The highest BCUT2D eigenvalue weighted by Crippen LogP contribution is 2.11. The van der Waals surface area contributed by atoms with Gasteiger partial charge in [-0.05, 0) is 31.5 Å². The van der Waals surface area contributed by atoms with Gasteiger partial charge in [0.15, 0.2) is 0 Å². The number of nitrogens with zero attached hydrogens (tertiary/aromatic N) is 3. The Kier molecular flexibility index (Phi) is 6.60. The molecule has 2 heterocycles. The highest BCUT2D eigenvalue weighted by atomic mass is 16.2. The summed E-state index contributed by atoms with van der Waals surface area (Å²) >= 11 is 0. The summed E-state index contributed by atoms with van der Waals surface area (Å²) in [5.41, 5.74) is 1.87. The van der Waals surface area contributed by atoms with E-state index in [0.29, 0.717) is 11.6 Å². The number of hydrogen-bond donors (Lipinski definition) is 1. The summed E-state index contributed by atoms with van der Waals surface area (Å²) in [5.74, 6) is 0.870.